The Morgan fingerprint density at radius 2 is 1.72 bits per heavy atom. The van der Waals surface area contributed by atoms with Crippen LogP contribution >= 0.6 is 0 Å². The van der Waals surface area contributed by atoms with Gasteiger partial charge in [-0.15, -0.1) is 0 Å². The van der Waals surface area contributed by atoms with Crippen LogP contribution in [0.4, 0.5) is 13.6 Å². The number of para-hydroxylation sites is 1. The molecule has 2 aromatic rings. The molecule has 0 aliphatic carbocycles. The van der Waals surface area contributed by atoms with Gasteiger partial charge in [0.15, 0.2) is 0 Å². The highest BCUT2D eigenvalue weighted by Crippen LogP contribution is 2.42. The first kappa shape index (κ1) is 26.3. The fraction of sp³-hybridized carbons (Fsp3) is 0.292. The number of allylic oxidation sites excluding steroid dienone is 2. The van der Waals surface area contributed by atoms with Gasteiger partial charge in [0.05, 0.1) is 23.4 Å². The third kappa shape index (κ3) is 6.40. The van der Waals surface area contributed by atoms with Crippen LogP contribution in [-0.2, 0) is 9.47 Å². The molecule has 3 rings (SSSR count). The first-order valence-corrected chi connectivity index (χ1v) is 10.7. The van der Waals surface area contributed by atoms with Crippen molar-refractivity contribution in [3.63, 3.8) is 0 Å². The molecule has 0 saturated carbocycles. The van der Waals surface area contributed by atoms with Crippen LogP contribution in [0.1, 0.15) is 25.3 Å². The van der Waals surface area contributed by atoms with E-state index in [1.165, 1.54) is 45.2 Å². The number of hydrogen-bond acceptors (Lipinski definition) is 9. The minimum absolute atomic E-state index is 0.00532. The van der Waals surface area contributed by atoms with Gasteiger partial charge in [-0.2, -0.15) is 8.78 Å². The van der Waals surface area contributed by atoms with Crippen molar-refractivity contribution >= 4 is 6.16 Å². The monoisotopic (exact) mass is 506 g/mol. The Morgan fingerprint density at radius 3 is 2.36 bits per heavy atom. The minimum Gasteiger partial charge on any atom is -0.497 e. The first-order valence-electron chi connectivity index (χ1n) is 10.7. The molecule has 1 N–H and O–H groups in total. The second kappa shape index (κ2) is 11.9. The number of carbonyl (C=O) groups excluding carboxylic acids is 1. The summed E-state index contributed by atoms with van der Waals surface area (Å²) in [5.41, 5.74) is 0.0521. The molecule has 1 heterocycles. The molecule has 0 bridgehead atoms. The van der Waals surface area contributed by atoms with Crippen molar-refractivity contribution in [2.24, 2.45) is 0 Å². The highest BCUT2D eigenvalue weighted by molar-refractivity contribution is 5.63. The van der Waals surface area contributed by atoms with E-state index in [1.807, 2.05) is 0 Å². The summed E-state index contributed by atoms with van der Waals surface area (Å²) >= 11 is 0. The highest BCUT2D eigenvalue weighted by atomic mass is 19.3. The second-order valence-electron chi connectivity index (χ2n) is 7.46. The number of benzene rings is 2. The Hall–Kier alpha value is -4.35. The quantitative estimate of drug-likeness (QED) is 0.206. The zero-order valence-corrected chi connectivity index (χ0v) is 19.7. The van der Waals surface area contributed by atoms with Crippen molar-refractivity contribution in [3.8, 4) is 17.2 Å². The van der Waals surface area contributed by atoms with E-state index in [-0.39, 0.29) is 41.7 Å². The van der Waals surface area contributed by atoms with Crippen LogP contribution in [0.2, 0.25) is 0 Å². The summed E-state index contributed by atoms with van der Waals surface area (Å²) in [5.74, 6) is -0.616. The summed E-state index contributed by atoms with van der Waals surface area (Å²) in [4.78, 5) is 23.7. The van der Waals surface area contributed by atoms with Crippen LogP contribution in [0.15, 0.2) is 71.4 Å². The third-order valence-electron chi connectivity index (χ3n) is 5.13. The fourth-order valence-electron chi connectivity index (χ4n) is 3.63. The molecule has 1 atom stereocenters. The molecule has 0 aromatic heterocycles. The molecule has 2 aromatic carbocycles. The average Bonchev–Trinajstić information content (AvgIpc) is 2.83. The Balaban J connectivity index is 1.76. The van der Waals surface area contributed by atoms with Crippen molar-refractivity contribution in [3.05, 3.63) is 87.1 Å². The lowest BCUT2D eigenvalue weighted by Gasteiger charge is -2.27. The van der Waals surface area contributed by atoms with E-state index in [4.69, 9.17) is 18.9 Å². The van der Waals surface area contributed by atoms with Gasteiger partial charge in [-0.05, 0) is 44.2 Å². The van der Waals surface area contributed by atoms with Crippen LogP contribution < -0.4 is 19.5 Å². The zero-order valence-electron chi connectivity index (χ0n) is 19.7. The summed E-state index contributed by atoms with van der Waals surface area (Å²) in [7, 11) is 1.54. The molecular formula is C24H24F2N2O8. The van der Waals surface area contributed by atoms with Gasteiger partial charge in [-0.1, -0.05) is 18.2 Å². The lowest BCUT2D eigenvalue weighted by Crippen LogP contribution is -2.30. The van der Waals surface area contributed by atoms with Gasteiger partial charge in [0.2, 0.25) is 0 Å². The predicted octanol–water partition coefficient (Wildman–Crippen LogP) is 4.96. The Morgan fingerprint density at radius 1 is 1.06 bits per heavy atom. The number of nitrogens with one attached hydrogen (secondary N) is 1. The number of ether oxygens (including phenoxy) is 5. The number of methoxy groups -OCH3 is 1. The standard InChI is InChI=1S/C24H24F2N2O8/c1-14-21(28(30)31)20(18-6-4-5-7-19(18)35-23(25)26)22(15(2)27-14)36-24(29)34-13-12-33-17-10-8-16(32-3)9-11-17/h4-11,20,23,27H,12-13H2,1-3H3. The molecule has 0 spiro atoms. The number of carbonyl (C=O) groups is 1. The molecule has 10 nitrogen and oxygen atoms in total. The van der Waals surface area contributed by atoms with E-state index in [1.54, 1.807) is 24.3 Å². The summed E-state index contributed by atoms with van der Waals surface area (Å²) in [6, 6.07) is 12.3. The largest absolute Gasteiger partial charge is 0.513 e. The van der Waals surface area contributed by atoms with E-state index < -0.39 is 29.3 Å². The van der Waals surface area contributed by atoms with Gasteiger partial charge in [0, 0.05) is 5.56 Å². The van der Waals surface area contributed by atoms with E-state index in [0.29, 0.717) is 11.5 Å². The normalized spacial score (nSPS) is 15.3. The maximum Gasteiger partial charge on any atom is 0.513 e. The second-order valence-corrected chi connectivity index (χ2v) is 7.46. The topological polar surface area (TPSA) is 118 Å². The number of rotatable bonds is 10. The molecule has 36 heavy (non-hydrogen) atoms. The zero-order chi connectivity index (χ0) is 26.2. The molecule has 0 radical (unpaired) electrons. The molecule has 1 unspecified atom stereocenters. The van der Waals surface area contributed by atoms with E-state index in [9.17, 15) is 23.7 Å². The summed E-state index contributed by atoms with van der Waals surface area (Å²) in [5, 5.41) is 14.7. The summed E-state index contributed by atoms with van der Waals surface area (Å²) in [6.07, 6.45) is -1.15. The highest BCUT2D eigenvalue weighted by Gasteiger charge is 2.41. The van der Waals surface area contributed by atoms with Crippen molar-refractivity contribution in [2.75, 3.05) is 20.3 Å². The van der Waals surface area contributed by atoms with Crippen molar-refractivity contribution in [1.29, 1.82) is 0 Å². The van der Waals surface area contributed by atoms with Crippen LogP contribution in [0.3, 0.4) is 0 Å². The maximum atomic E-state index is 13.0. The SMILES string of the molecule is COc1ccc(OCCOC(=O)OC2=C(C)NC(C)=C([N+](=O)[O-])C2c2ccccc2OC(F)F)cc1. The van der Waals surface area contributed by atoms with Gasteiger partial charge in [-0.3, -0.25) is 10.1 Å². The van der Waals surface area contributed by atoms with Gasteiger partial charge >= 0.3 is 12.8 Å². The van der Waals surface area contributed by atoms with Gasteiger partial charge < -0.3 is 29.0 Å². The number of hydrogen-bond donors (Lipinski definition) is 1. The van der Waals surface area contributed by atoms with Crippen LogP contribution in [0, 0.1) is 10.1 Å². The molecule has 0 fully saturated rings. The Labute approximate surface area is 205 Å². The smallest absolute Gasteiger partial charge is 0.497 e. The number of halogens is 2. The maximum absolute atomic E-state index is 13.0. The third-order valence-corrected chi connectivity index (χ3v) is 5.13. The van der Waals surface area contributed by atoms with Crippen LogP contribution in [0.5, 0.6) is 17.2 Å². The first-order chi connectivity index (χ1) is 17.2. The molecule has 12 heteroatoms. The number of alkyl halides is 2. The van der Waals surface area contributed by atoms with Crippen LogP contribution in [-0.4, -0.2) is 38.0 Å². The Bertz CT molecular complexity index is 1160. The van der Waals surface area contributed by atoms with Gasteiger partial charge in [0.1, 0.15) is 42.1 Å². The van der Waals surface area contributed by atoms with E-state index >= 15 is 0 Å². The van der Waals surface area contributed by atoms with E-state index in [2.05, 4.69) is 10.1 Å². The van der Waals surface area contributed by atoms with Gasteiger partial charge in [0.25, 0.3) is 5.70 Å². The van der Waals surface area contributed by atoms with Gasteiger partial charge in [-0.25, -0.2) is 4.79 Å². The molecule has 1 aliphatic rings. The summed E-state index contributed by atoms with van der Waals surface area (Å²) < 4.78 is 51.5. The van der Waals surface area contributed by atoms with Crippen molar-refractivity contribution in [2.45, 2.75) is 26.4 Å². The molecule has 192 valence electrons. The fourth-order valence-corrected chi connectivity index (χ4v) is 3.63. The molecule has 0 saturated heterocycles. The van der Waals surface area contributed by atoms with Crippen LogP contribution in [0.25, 0.3) is 0 Å². The number of nitrogens with zero attached hydrogens (tertiary/aromatic N) is 1. The van der Waals surface area contributed by atoms with Crippen molar-refractivity contribution < 1.29 is 42.2 Å². The Kier molecular flexibility index (Phi) is 8.66. The van der Waals surface area contributed by atoms with E-state index in [0.717, 1.165) is 0 Å². The lowest BCUT2D eigenvalue weighted by atomic mass is 9.89. The van der Waals surface area contributed by atoms with Crippen molar-refractivity contribution in [1.82, 2.24) is 5.32 Å². The minimum atomic E-state index is -3.16. The molecule has 1 aliphatic heterocycles. The average molecular weight is 506 g/mol. The number of nitro groups is 1. The molecule has 0 amide bonds. The lowest BCUT2D eigenvalue weighted by molar-refractivity contribution is -0.431. The predicted molar refractivity (Wildman–Crippen MR) is 122 cm³/mol. The molecular weight excluding hydrogens is 482 g/mol. The summed E-state index contributed by atoms with van der Waals surface area (Å²) in [6.45, 7) is -0.360. The number of dihydropyridines is 1.